The molecule has 13 heavy (non-hydrogen) atoms. The number of piperidine rings is 1. The predicted molar refractivity (Wildman–Crippen MR) is 50.3 cm³/mol. The standard InChI is InChI=1S/C10H17NO2/c12-6-9-10(13)8-4-2-1-3-7(8)5-11-9/h4,7,9-13H,1-3,5-6H2/t7?,9?,10-/m0/s1. The predicted octanol–water partition coefficient (Wildman–Crippen LogP) is 0.0379. The molecule has 1 aliphatic carbocycles. The molecule has 0 aromatic carbocycles. The van der Waals surface area contributed by atoms with E-state index in [1.807, 2.05) is 0 Å². The first-order valence-corrected chi connectivity index (χ1v) is 5.05. The van der Waals surface area contributed by atoms with Gasteiger partial charge in [0.05, 0.1) is 18.8 Å². The number of fused-ring (bicyclic) bond motifs is 1. The Hall–Kier alpha value is -0.380. The van der Waals surface area contributed by atoms with Crippen LogP contribution in [0.3, 0.4) is 0 Å². The van der Waals surface area contributed by atoms with Crippen LogP contribution in [0, 0.1) is 5.92 Å². The lowest BCUT2D eigenvalue weighted by Gasteiger charge is -2.38. The zero-order valence-electron chi connectivity index (χ0n) is 7.74. The van der Waals surface area contributed by atoms with Crippen molar-refractivity contribution >= 4 is 0 Å². The highest BCUT2D eigenvalue weighted by Crippen LogP contribution is 2.30. The fourth-order valence-electron chi connectivity index (χ4n) is 2.35. The van der Waals surface area contributed by atoms with Crippen molar-refractivity contribution in [1.29, 1.82) is 0 Å². The van der Waals surface area contributed by atoms with Crippen molar-refractivity contribution in [3.05, 3.63) is 11.6 Å². The van der Waals surface area contributed by atoms with Gasteiger partial charge in [-0.2, -0.15) is 0 Å². The maximum absolute atomic E-state index is 9.87. The Labute approximate surface area is 78.5 Å². The molecule has 0 aromatic heterocycles. The summed E-state index contributed by atoms with van der Waals surface area (Å²) in [5.41, 5.74) is 1.16. The van der Waals surface area contributed by atoms with Crippen molar-refractivity contribution in [3.8, 4) is 0 Å². The molecule has 1 heterocycles. The molecule has 2 rings (SSSR count). The molecule has 0 bridgehead atoms. The molecule has 3 N–H and O–H groups in total. The Morgan fingerprint density at radius 2 is 2.38 bits per heavy atom. The molecular formula is C10H17NO2. The maximum Gasteiger partial charge on any atom is 0.0928 e. The van der Waals surface area contributed by atoms with Crippen LogP contribution < -0.4 is 5.32 Å². The molecule has 0 saturated carbocycles. The first-order chi connectivity index (χ1) is 6.33. The second kappa shape index (κ2) is 3.78. The van der Waals surface area contributed by atoms with E-state index in [1.165, 1.54) is 12.8 Å². The first kappa shape index (κ1) is 9.19. The fraction of sp³-hybridized carbons (Fsp3) is 0.800. The quantitative estimate of drug-likeness (QED) is 0.503. The summed E-state index contributed by atoms with van der Waals surface area (Å²) >= 11 is 0. The summed E-state index contributed by atoms with van der Waals surface area (Å²) in [5, 5.41) is 22.1. The highest BCUT2D eigenvalue weighted by atomic mass is 16.3. The van der Waals surface area contributed by atoms with Crippen molar-refractivity contribution in [1.82, 2.24) is 5.32 Å². The molecular weight excluding hydrogens is 166 g/mol. The molecule has 0 radical (unpaired) electrons. The van der Waals surface area contributed by atoms with E-state index >= 15 is 0 Å². The molecule has 2 aliphatic rings. The third-order valence-corrected chi connectivity index (χ3v) is 3.15. The van der Waals surface area contributed by atoms with Gasteiger partial charge in [0, 0.05) is 6.54 Å². The number of aliphatic hydroxyl groups is 2. The Bertz CT molecular complexity index is 215. The van der Waals surface area contributed by atoms with Crippen LogP contribution in [0.25, 0.3) is 0 Å². The molecule has 1 aliphatic heterocycles. The molecule has 0 aromatic rings. The van der Waals surface area contributed by atoms with Crippen LogP contribution in [-0.2, 0) is 0 Å². The molecule has 3 heteroatoms. The van der Waals surface area contributed by atoms with Crippen molar-refractivity contribution in [2.75, 3.05) is 13.2 Å². The summed E-state index contributed by atoms with van der Waals surface area (Å²) in [5.74, 6) is 0.506. The van der Waals surface area contributed by atoms with Crippen molar-refractivity contribution in [2.24, 2.45) is 5.92 Å². The second-order valence-electron chi connectivity index (χ2n) is 3.97. The van der Waals surface area contributed by atoms with Crippen molar-refractivity contribution in [3.63, 3.8) is 0 Å². The first-order valence-electron chi connectivity index (χ1n) is 5.05. The summed E-state index contributed by atoms with van der Waals surface area (Å²) in [4.78, 5) is 0. The molecule has 3 atom stereocenters. The summed E-state index contributed by atoms with van der Waals surface area (Å²) in [7, 11) is 0. The number of allylic oxidation sites excluding steroid dienone is 1. The van der Waals surface area contributed by atoms with E-state index in [1.54, 1.807) is 0 Å². The van der Waals surface area contributed by atoms with Crippen LogP contribution in [0.5, 0.6) is 0 Å². The fourth-order valence-corrected chi connectivity index (χ4v) is 2.35. The molecule has 74 valence electrons. The summed E-state index contributed by atoms with van der Waals surface area (Å²) in [6.45, 7) is 0.930. The Kier molecular flexibility index (Phi) is 2.67. The van der Waals surface area contributed by atoms with Crippen LogP contribution in [0.15, 0.2) is 11.6 Å². The van der Waals surface area contributed by atoms with Crippen molar-refractivity contribution < 1.29 is 10.2 Å². The Morgan fingerprint density at radius 1 is 1.54 bits per heavy atom. The van der Waals surface area contributed by atoms with Gasteiger partial charge in [-0.15, -0.1) is 0 Å². The smallest absolute Gasteiger partial charge is 0.0928 e. The minimum absolute atomic E-state index is 0.0191. The molecule has 1 saturated heterocycles. The van der Waals surface area contributed by atoms with Crippen LogP contribution in [0.1, 0.15) is 19.3 Å². The number of hydrogen-bond donors (Lipinski definition) is 3. The third-order valence-electron chi connectivity index (χ3n) is 3.15. The highest BCUT2D eigenvalue weighted by molar-refractivity contribution is 5.20. The van der Waals surface area contributed by atoms with Gasteiger partial charge in [0.25, 0.3) is 0 Å². The molecule has 0 spiro atoms. The van der Waals surface area contributed by atoms with Gasteiger partial charge in [0.1, 0.15) is 0 Å². The topological polar surface area (TPSA) is 52.5 Å². The number of hydrogen-bond acceptors (Lipinski definition) is 3. The van der Waals surface area contributed by atoms with E-state index in [2.05, 4.69) is 11.4 Å². The van der Waals surface area contributed by atoms with E-state index in [0.717, 1.165) is 18.5 Å². The molecule has 0 amide bonds. The van der Waals surface area contributed by atoms with E-state index in [-0.39, 0.29) is 12.6 Å². The van der Waals surface area contributed by atoms with Crippen LogP contribution in [0.2, 0.25) is 0 Å². The number of rotatable bonds is 1. The monoisotopic (exact) mass is 183 g/mol. The summed E-state index contributed by atoms with van der Waals surface area (Å²) in [6, 6.07) is -0.152. The Balaban J connectivity index is 2.13. The normalized spacial score (nSPS) is 39.5. The lowest BCUT2D eigenvalue weighted by Crippen LogP contribution is -2.52. The summed E-state index contributed by atoms with van der Waals surface area (Å²) < 4.78 is 0. The van der Waals surface area contributed by atoms with Gasteiger partial charge in [-0.3, -0.25) is 0 Å². The average molecular weight is 183 g/mol. The number of nitrogens with one attached hydrogen (secondary N) is 1. The van der Waals surface area contributed by atoms with Crippen LogP contribution in [-0.4, -0.2) is 35.5 Å². The van der Waals surface area contributed by atoms with Gasteiger partial charge in [-0.25, -0.2) is 0 Å². The lowest BCUT2D eigenvalue weighted by molar-refractivity contribution is 0.0835. The maximum atomic E-state index is 9.87. The van der Waals surface area contributed by atoms with Gasteiger partial charge >= 0.3 is 0 Å². The van der Waals surface area contributed by atoms with Gasteiger partial charge < -0.3 is 15.5 Å². The second-order valence-corrected chi connectivity index (χ2v) is 3.97. The minimum atomic E-state index is -0.468. The van der Waals surface area contributed by atoms with Crippen molar-refractivity contribution in [2.45, 2.75) is 31.4 Å². The Morgan fingerprint density at radius 3 is 3.15 bits per heavy atom. The molecule has 2 unspecified atom stereocenters. The van der Waals surface area contributed by atoms with Crippen LogP contribution in [0.4, 0.5) is 0 Å². The zero-order chi connectivity index (χ0) is 9.26. The molecule has 3 nitrogen and oxygen atoms in total. The SMILES string of the molecule is OCC1NCC2CCCC=C2[C@@H]1O. The van der Waals surface area contributed by atoms with E-state index < -0.39 is 6.10 Å². The third kappa shape index (κ3) is 1.64. The van der Waals surface area contributed by atoms with E-state index in [9.17, 15) is 5.11 Å². The largest absolute Gasteiger partial charge is 0.395 e. The van der Waals surface area contributed by atoms with E-state index in [4.69, 9.17) is 5.11 Å². The van der Waals surface area contributed by atoms with E-state index in [0.29, 0.717) is 5.92 Å². The lowest BCUT2D eigenvalue weighted by atomic mass is 9.79. The number of aliphatic hydroxyl groups excluding tert-OH is 2. The van der Waals surface area contributed by atoms with Gasteiger partial charge in [0.15, 0.2) is 0 Å². The average Bonchev–Trinajstić information content (AvgIpc) is 2.19. The van der Waals surface area contributed by atoms with Gasteiger partial charge in [0.2, 0.25) is 0 Å². The van der Waals surface area contributed by atoms with Gasteiger partial charge in [-0.05, 0) is 30.8 Å². The van der Waals surface area contributed by atoms with Gasteiger partial charge in [-0.1, -0.05) is 6.08 Å². The highest BCUT2D eigenvalue weighted by Gasteiger charge is 2.33. The minimum Gasteiger partial charge on any atom is -0.395 e. The van der Waals surface area contributed by atoms with Crippen LogP contribution >= 0.6 is 0 Å². The molecule has 1 fully saturated rings. The zero-order valence-corrected chi connectivity index (χ0v) is 7.74. The summed E-state index contributed by atoms with van der Waals surface area (Å²) in [6.07, 6.45) is 5.17.